The van der Waals surface area contributed by atoms with E-state index in [0.717, 1.165) is 148 Å². The monoisotopic (exact) mass is 1080 g/mol. The Labute approximate surface area is 461 Å². The summed E-state index contributed by atoms with van der Waals surface area (Å²) >= 11 is 8.18. The van der Waals surface area contributed by atoms with Crippen LogP contribution in [-0.4, -0.2) is 123 Å². The van der Waals surface area contributed by atoms with E-state index in [1.54, 1.807) is 22.3 Å². The van der Waals surface area contributed by atoms with Gasteiger partial charge >= 0.3 is 0 Å². The van der Waals surface area contributed by atoms with Crippen LogP contribution in [0.2, 0.25) is 5.02 Å². The van der Waals surface area contributed by atoms with Crippen molar-refractivity contribution in [2.45, 2.75) is 133 Å². The number of nitrogens with one attached hydrogen (secondary N) is 2. The highest BCUT2D eigenvalue weighted by molar-refractivity contribution is 7.13. The van der Waals surface area contributed by atoms with Crippen molar-refractivity contribution < 1.29 is 24.7 Å². The van der Waals surface area contributed by atoms with Crippen LogP contribution in [0.25, 0.3) is 27.0 Å². The van der Waals surface area contributed by atoms with Crippen molar-refractivity contribution in [1.82, 2.24) is 34.6 Å². The molecule has 5 fully saturated rings. The van der Waals surface area contributed by atoms with Gasteiger partial charge in [0.05, 0.1) is 68.5 Å². The third-order valence-corrected chi connectivity index (χ3v) is 19.6. The highest BCUT2D eigenvalue weighted by Crippen LogP contribution is 2.45. The molecule has 408 valence electrons. The number of likely N-dealkylation sites (tertiary alicyclic amines) is 2. The Morgan fingerprint density at radius 3 is 2.44 bits per heavy atom. The number of carbonyl (C=O) groups is 2. The number of halogens is 1. The number of aliphatic hydroxyl groups excluding tert-OH is 1. The molecule has 4 atom stereocenters. The summed E-state index contributed by atoms with van der Waals surface area (Å²) in [4.78, 5) is 59.5. The van der Waals surface area contributed by atoms with Crippen molar-refractivity contribution >= 4 is 45.7 Å². The number of allylic oxidation sites excluding steroid dienone is 1. The van der Waals surface area contributed by atoms with Gasteiger partial charge in [0, 0.05) is 51.0 Å². The largest absolute Gasteiger partial charge is 0.391 e. The van der Waals surface area contributed by atoms with Crippen molar-refractivity contribution in [1.29, 1.82) is 5.53 Å². The third kappa shape index (κ3) is 11.2. The van der Waals surface area contributed by atoms with E-state index in [1.807, 2.05) is 36.1 Å². The molecule has 11 rings (SSSR count). The minimum atomic E-state index is -0.802. The number of ether oxygens (including phenoxy) is 1. The van der Waals surface area contributed by atoms with Gasteiger partial charge in [-0.05, 0) is 138 Å². The third-order valence-electron chi connectivity index (χ3n) is 18.3. The maximum absolute atomic E-state index is 15.0. The quantitative estimate of drug-likeness (QED) is 0.0745. The van der Waals surface area contributed by atoms with Crippen molar-refractivity contribution in [2.75, 3.05) is 59.0 Å². The molecule has 3 saturated heterocycles. The molecule has 5 aromatic rings. The number of carbonyl (C=O) groups excluding carboxylic acids is 2. The number of thiazole rings is 1. The summed E-state index contributed by atoms with van der Waals surface area (Å²) in [5.74, 6) is 1.69. The van der Waals surface area contributed by atoms with Gasteiger partial charge in [-0.1, -0.05) is 73.3 Å². The van der Waals surface area contributed by atoms with E-state index >= 15 is 0 Å². The second kappa shape index (κ2) is 23.3. The average Bonchev–Trinajstić information content (AvgIpc) is 4.20. The lowest BCUT2D eigenvalue weighted by atomic mass is 9.79. The fraction of sp³-hybridized carbons (Fsp3) is 0.550. The molecule has 3 aromatic carbocycles. The Morgan fingerprint density at radius 2 is 1.73 bits per heavy atom. The summed E-state index contributed by atoms with van der Waals surface area (Å²) in [7, 11) is 0. The number of nitrogens with two attached hydrogens (primary N) is 1. The zero-order chi connectivity index (χ0) is 53.4. The number of benzene rings is 3. The number of β-amino-alcohol motifs (C(OH)–C–C–N with tert-alkyl or cyclic N) is 1. The first kappa shape index (κ1) is 53.8. The van der Waals surface area contributed by atoms with Gasteiger partial charge in [0.1, 0.15) is 23.8 Å². The molecule has 6 heterocycles. The lowest BCUT2D eigenvalue weighted by Gasteiger charge is -2.37. The molecule has 2 saturated carbocycles. The summed E-state index contributed by atoms with van der Waals surface area (Å²) in [6.07, 6.45) is 12.7. The first-order chi connectivity index (χ1) is 37.3. The summed E-state index contributed by atoms with van der Waals surface area (Å²) in [5, 5.41) is 21.5. The summed E-state index contributed by atoms with van der Waals surface area (Å²) in [6.45, 7) is 13.0. The van der Waals surface area contributed by atoms with Gasteiger partial charge in [0.25, 0.3) is 11.5 Å². The van der Waals surface area contributed by atoms with Crippen LogP contribution in [0.15, 0.2) is 88.0 Å². The lowest BCUT2D eigenvalue weighted by Crippen LogP contribution is -2.90. The van der Waals surface area contributed by atoms with Crippen molar-refractivity contribution in [3.63, 3.8) is 0 Å². The fourth-order valence-corrected chi connectivity index (χ4v) is 14.9. The molecule has 6 aliphatic rings. The van der Waals surface area contributed by atoms with Gasteiger partial charge in [0.2, 0.25) is 5.91 Å². The molecule has 5 N–H and O–H groups in total. The maximum atomic E-state index is 15.0. The van der Waals surface area contributed by atoms with E-state index in [-0.39, 0.29) is 48.2 Å². The van der Waals surface area contributed by atoms with Crippen LogP contribution in [0, 0.1) is 30.2 Å². The first-order valence-electron chi connectivity index (χ1n) is 28.5. The van der Waals surface area contributed by atoms with Crippen molar-refractivity contribution in [2.24, 2.45) is 22.9 Å². The number of amides is 2. The normalized spacial score (nSPS) is 24.4. The van der Waals surface area contributed by atoms with E-state index in [9.17, 15) is 19.5 Å². The van der Waals surface area contributed by atoms with Crippen LogP contribution in [0.3, 0.4) is 0 Å². The van der Waals surface area contributed by atoms with Gasteiger partial charge < -0.3 is 30.3 Å². The standard InChI is InChI=1S/C60H75ClN10O5S/c1-37-55(77-36-64-37)43-18-16-41(17-19-43)49(35-69-26-28-76-29-27-69)65-56(73)52-31-45(72)34-70(52)58(75)54(42-8-5-4-6-9-42)63-32-48(67-62)40-14-12-38(13-15-40)33-68-24-22-39(23-25-68)44-20-21-46-51(30-44)71-50-11-7-10-47(61)53(50)57(74)66-59(71)60(46,2)3/h7,10-11,16-21,30,32,36,38-40,42,45,49,52,54,62-63,72H,4-6,8-9,12-15,22-29,31,33-35H2,1-3H3,(H,65,73)/p+1/b48-32-,67-62?/t38?,40?,45-,49+,52+,54+/m1/s1. The molecule has 4 aliphatic heterocycles. The van der Waals surface area contributed by atoms with Gasteiger partial charge in [-0.3, -0.25) is 23.9 Å². The number of aryl methyl sites for hydroxylation is 1. The van der Waals surface area contributed by atoms with Crippen LogP contribution in [0.5, 0.6) is 0 Å². The molecular weight excluding hydrogens is 1010 g/mol. The van der Waals surface area contributed by atoms with Gasteiger partial charge in [-0.2, -0.15) is 10.1 Å². The van der Waals surface area contributed by atoms with Gasteiger partial charge in [0.15, 0.2) is 6.04 Å². The van der Waals surface area contributed by atoms with Crippen LogP contribution >= 0.6 is 22.9 Å². The Morgan fingerprint density at radius 1 is 0.974 bits per heavy atom. The second-order valence-corrected chi connectivity index (χ2v) is 24.7. The van der Waals surface area contributed by atoms with Gasteiger partial charge in [-0.15, -0.1) is 11.3 Å². The van der Waals surface area contributed by atoms with Crippen molar-refractivity contribution in [3.05, 3.63) is 122 Å². The smallest absolute Gasteiger partial charge is 0.282 e. The Bertz CT molecular complexity index is 3040. The summed E-state index contributed by atoms with van der Waals surface area (Å²) < 4.78 is 7.81. The second-order valence-electron chi connectivity index (χ2n) is 23.5. The number of hydrogen-bond acceptors (Lipinski definition) is 12. The number of quaternary nitrogens is 1. The molecule has 2 aromatic heterocycles. The average molecular weight is 1080 g/mol. The predicted octanol–water partition coefficient (Wildman–Crippen LogP) is 8.63. The van der Waals surface area contributed by atoms with Crippen LogP contribution in [-0.2, 0) is 19.7 Å². The number of nitrogens with zero attached hydrogens (tertiary/aromatic N) is 7. The number of piperidine rings is 1. The highest BCUT2D eigenvalue weighted by Gasteiger charge is 2.46. The zero-order valence-corrected chi connectivity index (χ0v) is 46.5. The van der Waals surface area contributed by atoms with E-state index in [4.69, 9.17) is 21.9 Å². The van der Waals surface area contributed by atoms with Crippen LogP contribution in [0.1, 0.15) is 131 Å². The molecule has 0 unspecified atom stereocenters. The van der Waals surface area contributed by atoms with Crippen molar-refractivity contribution in [3.8, 4) is 16.1 Å². The Hall–Kier alpha value is -5.20. The molecule has 0 radical (unpaired) electrons. The lowest BCUT2D eigenvalue weighted by molar-refractivity contribution is -0.622. The number of aliphatic hydroxyl groups is 1. The number of aromatic nitrogens is 3. The summed E-state index contributed by atoms with van der Waals surface area (Å²) in [6, 6.07) is 19.3. The highest BCUT2D eigenvalue weighted by atomic mass is 35.5. The molecule has 77 heavy (non-hydrogen) atoms. The molecule has 0 bridgehead atoms. The number of morpholine rings is 1. The SMILES string of the molecule is Cc1ncsc1-c1ccc([C@H](CN2CCOCC2)NC(=O)[C@@H]2C[C@@H](O)CN2C(=O)[C@@H]([NH2+]/C=C(\N=N)C2CCC(CN3CCC(c4ccc5c(c4)-n4c(nc(=O)c6c(Cl)cccc64)C5(C)C)CC3)CC2)C2CCCCC2)cc1. The summed E-state index contributed by atoms with van der Waals surface area (Å²) in [5.41, 5.74) is 17.7. The Balaban J connectivity index is 0.716. The fourth-order valence-electron chi connectivity index (χ4n) is 13.9. The number of rotatable bonds is 15. The molecule has 0 spiro atoms. The predicted molar refractivity (Wildman–Crippen MR) is 300 cm³/mol. The first-order valence-corrected chi connectivity index (χ1v) is 29.7. The van der Waals surface area contributed by atoms with E-state index in [0.29, 0.717) is 42.0 Å². The zero-order valence-electron chi connectivity index (χ0n) is 45.0. The minimum Gasteiger partial charge on any atom is -0.391 e. The van der Waals surface area contributed by atoms with E-state index < -0.39 is 23.6 Å². The minimum absolute atomic E-state index is 0.114. The molecule has 2 amide bonds. The Kier molecular flexibility index (Phi) is 16.2. The molecular formula is C60H76ClN10O5S+. The number of hydrogen-bond donors (Lipinski definition) is 4. The van der Waals surface area contributed by atoms with E-state index in [1.165, 1.54) is 11.1 Å². The molecule has 15 nitrogen and oxygen atoms in total. The van der Waals surface area contributed by atoms with Crippen LogP contribution < -0.4 is 16.2 Å². The number of fused-ring (bicyclic) bond motifs is 5. The molecule has 2 aliphatic carbocycles. The topological polar surface area (TPSA) is 186 Å². The maximum Gasteiger partial charge on any atom is 0.282 e. The molecule has 17 heteroatoms. The van der Waals surface area contributed by atoms with E-state index in [2.05, 4.69) is 91.1 Å². The van der Waals surface area contributed by atoms with Gasteiger partial charge in [-0.25, -0.2) is 10.5 Å². The van der Waals surface area contributed by atoms with Crippen LogP contribution in [0.4, 0.5) is 0 Å².